The zero-order valence-corrected chi connectivity index (χ0v) is 11.1. The minimum absolute atomic E-state index is 0.194. The summed E-state index contributed by atoms with van der Waals surface area (Å²) in [5.74, 6) is -0.621. The van der Waals surface area contributed by atoms with Gasteiger partial charge in [-0.05, 0) is 12.1 Å². The Bertz CT molecular complexity index is 642. The smallest absolute Gasteiger partial charge is 0.230 e. The highest BCUT2D eigenvalue weighted by Crippen LogP contribution is 2.21. The van der Waals surface area contributed by atoms with E-state index in [1.807, 2.05) is 6.07 Å². The molecule has 0 atom stereocenters. The number of hydrogen-bond donors (Lipinski definition) is 1. The number of hydrogen-bond acceptors (Lipinski definition) is 4. The number of para-hydroxylation sites is 1. The molecule has 0 aromatic heterocycles. The number of rotatable bonds is 3. The van der Waals surface area contributed by atoms with Crippen LogP contribution in [0.2, 0.25) is 0 Å². The van der Waals surface area contributed by atoms with Crippen LogP contribution in [0.4, 0.5) is 5.69 Å². The Morgan fingerprint density at radius 1 is 1.42 bits per heavy atom. The van der Waals surface area contributed by atoms with Gasteiger partial charge in [0.2, 0.25) is 15.9 Å². The number of sulfonamides is 1. The molecule has 0 spiro atoms. The molecule has 1 aromatic rings. The highest BCUT2D eigenvalue weighted by atomic mass is 32.2. The minimum Gasteiger partial charge on any atom is -0.325 e. The topological polar surface area (TPSA) is 90.3 Å². The van der Waals surface area contributed by atoms with Crippen molar-refractivity contribution < 1.29 is 13.2 Å². The number of amides is 1. The fraction of sp³-hybridized carbons (Fsp3) is 0.333. The van der Waals surface area contributed by atoms with Crippen LogP contribution in [-0.4, -0.2) is 38.0 Å². The molecule has 1 N–H and O–H groups in total. The largest absolute Gasteiger partial charge is 0.325 e. The first kappa shape index (κ1) is 13.5. The second-order valence-corrected chi connectivity index (χ2v) is 6.41. The standard InChI is InChI=1S/C12H13N3O3S/c1-19(17,18)15-7-10(8-15)12(16)14-11-5-3-2-4-9(11)6-13/h2-5,10H,7-8H2,1H3,(H,14,16). The van der Waals surface area contributed by atoms with Crippen molar-refractivity contribution in [3.05, 3.63) is 29.8 Å². The number of nitrogens with zero attached hydrogens (tertiary/aromatic N) is 2. The quantitative estimate of drug-likeness (QED) is 0.866. The van der Waals surface area contributed by atoms with Gasteiger partial charge in [-0.2, -0.15) is 5.26 Å². The summed E-state index contributed by atoms with van der Waals surface area (Å²) in [6, 6.07) is 8.67. The van der Waals surface area contributed by atoms with E-state index in [4.69, 9.17) is 5.26 Å². The van der Waals surface area contributed by atoms with Gasteiger partial charge >= 0.3 is 0 Å². The third kappa shape index (κ3) is 2.92. The summed E-state index contributed by atoms with van der Waals surface area (Å²) in [5.41, 5.74) is 0.836. The van der Waals surface area contributed by atoms with Crippen molar-refractivity contribution in [1.82, 2.24) is 4.31 Å². The number of nitriles is 1. The van der Waals surface area contributed by atoms with E-state index < -0.39 is 10.0 Å². The van der Waals surface area contributed by atoms with Crippen molar-refractivity contribution in [2.75, 3.05) is 24.7 Å². The molecular formula is C12H13N3O3S. The molecule has 0 radical (unpaired) electrons. The van der Waals surface area contributed by atoms with Gasteiger partial charge in [0.25, 0.3) is 0 Å². The molecule has 1 amide bonds. The van der Waals surface area contributed by atoms with Gasteiger partial charge in [-0.1, -0.05) is 12.1 Å². The number of carbonyl (C=O) groups is 1. The van der Waals surface area contributed by atoms with Crippen molar-refractivity contribution in [1.29, 1.82) is 5.26 Å². The average Bonchev–Trinajstić information content (AvgIpc) is 2.25. The lowest BCUT2D eigenvalue weighted by atomic mass is 10.0. The van der Waals surface area contributed by atoms with Crippen LogP contribution < -0.4 is 5.32 Å². The maximum absolute atomic E-state index is 11.9. The Morgan fingerprint density at radius 3 is 2.63 bits per heavy atom. The van der Waals surface area contributed by atoms with E-state index in [0.717, 1.165) is 6.26 Å². The summed E-state index contributed by atoms with van der Waals surface area (Å²) in [4.78, 5) is 11.9. The van der Waals surface area contributed by atoms with Crippen LogP contribution >= 0.6 is 0 Å². The van der Waals surface area contributed by atoms with Crippen LogP contribution in [-0.2, 0) is 14.8 Å². The minimum atomic E-state index is -3.22. The van der Waals surface area contributed by atoms with Crippen LogP contribution in [0.5, 0.6) is 0 Å². The Hall–Kier alpha value is -1.91. The highest BCUT2D eigenvalue weighted by molar-refractivity contribution is 7.88. The molecule has 1 fully saturated rings. The molecule has 1 saturated heterocycles. The molecule has 19 heavy (non-hydrogen) atoms. The van der Waals surface area contributed by atoms with Gasteiger partial charge in [-0.15, -0.1) is 0 Å². The SMILES string of the molecule is CS(=O)(=O)N1CC(C(=O)Nc2ccccc2C#N)C1. The number of carbonyl (C=O) groups excluding carboxylic acids is 1. The normalized spacial score (nSPS) is 16.4. The third-order valence-electron chi connectivity index (χ3n) is 2.99. The van der Waals surface area contributed by atoms with Crippen molar-refractivity contribution in [3.8, 4) is 6.07 Å². The second-order valence-electron chi connectivity index (χ2n) is 4.42. The first-order valence-electron chi connectivity index (χ1n) is 5.67. The van der Waals surface area contributed by atoms with Crippen LogP contribution in [0.25, 0.3) is 0 Å². The lowest BCUT2D eigenvalue weighted by Crippen LogP contribution is -2.53. The van der Waals surface area contributed by atoms with Crippen molar-refractivity contribution in [3.63, 3.8) is 0 Å². The van der Waals surface area contributed by atoms with Crippen molar-refractivity contribution in [2.45, 2.75) is 0 Å². The van der Waals surface area contributed by atoms with Gasteiger partial charge < -0.3 is 5.32 Å². The van der Waals surface area contributed by atoms with Crippen LogP contribution in [0.15, 0.2) is 24.3 Å². The molecule has 6 nitrogen and oxygen atoms in total. The van der Waals surface area contributed by atoms with E-state index in [0.29, 0.717) is 11.3 Å². The second kappa shape index (κ2) is 4.99. The molecule has 100 valence electrons. The van der Waals surface area contributed by atoms with E-state index >= 15 is 0 Å². The highest BCUT2D eigenvalue weighted by Gasteiger charge is 2.37. The average molecular weight is 279 g/mol. The molecule has 1 aliphatic rings. The lowest BCUT2D eigenvalue weighted by molar-refractivity contribution is -0.122. The zero-order valence-electron chi connectivity index (χ0n) is 10.3. The lowest BCUT2D eigenvalue weighted by Gasteiger charge is -2.35. The summed E-state index contributed by atoms with van der Waals surface area (Å²) >= 11 is 0. The van der Waals surface area contributed by atoms with E-state index in [2.05, 4.69) is 5.32 Å². The fourth-order valence-electron chi connectivity index (χ4n) is 1.80. The molecule has 1 aromatic carbocycles. The first-order valence-corrected chi connectivity index (χ1v) is 7.52. The molecular weight excluding hydrogens is 266 g/mol. The zero-order chi connectivity index (χ0) is 14.0. The van der Waals surface area contributed by atoms with Crippen LogP contribution in [0.3, 0.4) is 0 Å². The first-order chi connectivity index (χ1) is 8.91. The number of nitrogens with one attached hydrogen (secondary N) is 1. The van der Waals surface area contributed by atoms with Gasteiger partial charge in [0.1, 0.15) is 6.07 Å². The van der Waals surface area contributed by atoms with Crippen molar-refractivity contribution in [2.24, 2.45) is 5.92 Å². The molecule has 0 saturated carbocycles. The van der Waals surface area contributed by atoms with Crippen LogP contribution in [0.1, 0.15) is 5.56 Å². The Morgan fingerprint density at radius 2 is 2.05 bits per heavy atom. The molecule has 0 unspecified atom stereocenters. The van der Waals surface area contributed by atoms with E-state index in [9.17, 15) is 13.2 Å². The summed E-state index contributed by atoms with van der Waals surface area (Å²) < 4.78 is 23.6. The maximum Gasteiger partial charge on any atom is 0.230 e. The molecule has 2 rings (SSSR count). The predicted molar refractivity (Wildman–Crippen MR) is 69.7 cm³/mol. The summed E-state index contributed by atoms with van der Waals surface area (Å²) in [7, 11) is -3.22. The molecule has 0 bridgehead atoms. The third-order valence-corrected chi connectivity index (χ3v) is 4.23. The number of benzene rings is 1. The monoisotopic (exact) mass is 279 g/mol. The summed E-state index contributed by atoms with van der Waals surface area (Å²) in [6.45, 7) is 0.388. The van der Waals surface area contributed by atoms with E-state index in [-0.39, 0.29) is 24.9 Å². The van der Waals surface area contributed by atoms with E-state index in [1.165, 1.54) is 4.31 Å². The Kier molecular flexibility index (Phi) is 3.55. The van der Waals surface area contributed by atoms with Crippen LogP contribution in [0, 0.1) is 17.2 Å². The Balaban J connectivity index is 1.99. The molecule has 7 heteroatoms. The number of anilines is 1. The summed E-state index contributed by atoms with van der Waals surface area (Å²) in [6.07, 6.45) is 1.12. The van der Waals surface area contributed by atoms with E-state index in [1.54, 1.807) is 24.3 Å². The fourth-order valence-corrected chi connectivity index (χ4v) is 2.70. The van der Waals surface area contributed by atoms with Gasteiger partial charge in [0.05, 0.1) is 23.4 Å². The molecule has 1 heterocycles. The van der Waals surface area contributed by atoms with Gasteiger partial charge in [0.15, 0.2) is 0 Å². The summed E-state index contributed by atoms with van der Waals surface area (Å²) in [5, 5.41) is 11.6. The molecule has 1 aliphatic heterocycles. The van der Waals surface area contributed by atoms with Crippen molar-refractivity contribution >= 4 is 21.6 Å². The van der Waals surface area contributed by atoms with Gasteiger partial charge in [-0.3, -0.25) is 4.79 Å². The van der Waals surface area contributed by atoms with Gasteiger partial charge in [0, 0.05) is 13.1 Å². The van der Waals surface area contributed by atoms with Gasteiger partial charge in [-0.25, -0.2) is 12.7 Å². The maximum atomic E-state index is 11.9. The Labute approximate surface area is 111 Å². The predicted octanol–water partition coefficient (Wildman–Crippen LogP) is 0.388. The molecule has 0 aliphatic carbocycles.